The zero-order valence-corrected chi connectivity index (χ0v) is 12.0. The number of carbonyl (C=O) groups excluding carboxylic acids is 1. The van der Waals surface area contributed by atoms with E-state index in [1.165, 1.54) is 0 Å². The van der Waals surface area contributed by atoms with E-state index in [4.69, 9.17) is 0 Å². The Morgan fingerprint density at radius 1 is 1.58 bits per heavy atom. The molecule has 1 aliphatic rings. The van der Waals surface area contributed by atoms with Gasteiger partial charge in [0.2, 0.25) is 5.91 Å². The summed E-state index contributed by atoms with van der Waals surface area (Å²) in [7, 11) is 1.96. The maximum absolute atomic E-state index is 12.3. The van der Waals surface area contributed by atoms with Crippen LogP contribution in [-0.4, -0.2) is 38.7 Å². The monoisotopic (exact) mass is 262 g/mol. The summed E-state index contributed by atoms with van der Waals surface area (Å²) < 4.78 is 1.95. The number of nitrogens with zero attached hydrogens (tertiary/aromatic N) is 4. The van der Waals surface area contributed by atoms with Crippen molar-refractivity contribution < 1.29 is 4.79 Å². The summed E-state index contributed by atoms with van der Waals surface area (Å²) in [4.78, 5) is 14.3. The topological polar surface area (TPSA) is 51.0 Å². The van der Waals surface area contributed by atoms with Gasteiger partial charge in [-0.1, -0.05) is 13.0 Å². The molecular weight excluding hydrogens is 240 g/mol. The van der Waals surface area contributed by atoms with Crippen molar-refractivity contribution in [2.45, 2.75) is 39.0 Å². The second-order valence-corrected chi connectivity index (χ2v) is 5.19. The summed E-state index contributed by atoms with van der Waals surface area (Å²) in [6.07, 6.45) is 6.72. The molecule has 19 heavy (non-hydrogen) atoms. The lowest BCUT2D eigenvalue weighted by Gasteiger charge is -2.32. The lowest BCUT2D eigenvalue weighted by atomic mass is 9.96. The van der Waals surface area contributed by atoms with Crippen LogP contribution in [0.1, 0.15) is 44.9 Å². The van der Waals surface area contributed by atoms with Crippen LogP contribution in [0.2, 0.25) is 0 Å². The third-order valence-corrected chi connectivity index (χ3v) is 3.67. The number of hydrogen-bond acceptors (Lipinski definition) is 3. The Morgan fingerprint density at radius 3 is 3.00 bits per heavy atom. The lowest BCUT2D eigenvalue weighted by Crippen LogP contribution is -2.40. The molecule has 1 aromatic rings. The van der Waals surface area contributed by atoms with Gasteiger partial charge in [-0.2, -0.15) is 0 Å². The summed E-state index contributed by atoms with van der Waals surface area (Å²) in [5, 5.41) is 8.10. The van der Waals surface area contributed by atoms with E-state index >= 15 is 0 Å². The first-order chi connectivity index (χ1) is 9.13. The van der Waals surface area contributed by atoms with E-state index in [2.05, 4.69) is 17.1 Å². The number of likely N-dealkylation sites (tertiary alicyclic amines) is 1. The molecule has 5 nitrogen and oxygen atoms in total. The molecule has 1 aromatic heterocycles. The number of amides is 1. The molecule has 0 saturated carbocycles. The normalized spacial score (nSPS) is 20.7. The smallest absolute Gasteiger partial charge is 0.249 e. The highest BCUT2D eigenvalue weighted by molar-refractivity contribution is 5.92. The van der Waals surface area contributed by atoms with Gasteiger partial charge in [-0.15, -0.1) is 10.2 Å². The van der Waals surface area contributed by atoms with Crippen molar-refractivity contribution >= 4 is 5.91 Å². The number of allylic oxidation sites excluding steroid dienone is 1. The molecule has 0 N–H and O–H groups in total. The molecule has 104 valence electrons. The van der Waals surface area contributed by atoms with Crippen molar-refractivity contribution in [3.05, 3.63) is 23.8 Å². The van der Waals surface area contributed by atoms with Crippen LogP contribution < -0.4 is 0 Å². The molecule has 2 rings (SSSR count). The Bertz CT molecular complexity index is 478. The van der Waals surface area contributed by atoms with Crippen LogP contribution in [0.3, 0.4) is 0 Å². The predicted molar refractivity (Wildman–Crippen MR) is 73.6 cm³/mol. The molecule has 0 spiro atoms. The Morgan fingerprint density at radius 2 is 2.37 bits per heavy atom. The van der Waals surface area contributed by atoms with Crippen molar-refractivity contribution in [1.82, 2.24) is 19.7 Å². The van der Waals surface area contributed by atoms with E-state index in [0.717, 1.165) is 43.7 Å². The maximum Gasteiger partial charge on any atom is 0.249 e. The molecule has 1 atom stereocenters. The van der Waals surface area contributed by atoms with Gasteiger partial charge in [-0.05, 0) is 26.2 Å². The molecule has 1 unspecified atom stereocenters. The van der Waals surface area contributed by atoms with E-state index in [1.54, 1.807) is 6.33 Å². The lowest BCUT2D eigenvalue weighted by molar-refractivity contribution is -0.128. The zero-order valence-electron chi connectivity index (χ0n) is 12.0. The van der Waals surface area contributed by atoms with Crippen LogP contribution in [0.15, 0.2) is 18.0 Å². The van der Waals surface area contributed by atoms with Crippen LogP contribution in [0.25, 0.3) is 0 Å². The molecule has 0 aliphatic carbocycles. The van der Waals surface area contributed by atoms with E-state index < -0.39 is 0 Å². The van der Waals surface area contributed by atoms with Gasteiger partial charge in [0.15, 0.2) is 0 Å². The third kappa shape index (κ3) is 3.03. The first-order valence-electron chi connectivity index (χ1n) is 6.93. The van der Waals surface area contributed by atoms with Crippen molar-refractivity contribution in [3.8, 4) is 0 Å². The highest BCUT2D eigenvalue weighted by atomic mass is 16.2. The van der Waals surface area contributed by atoms with Gasteiger partial charge in [0.25, 0.3) is 0 Å². The SMILES string of the molecule is CCC=C(C)C(=O)N1CCCC(c2nncn2C)C1. The van der Waals surface area contributed by atoms with Crippen LogP contribution >= 0.6 is 0 Å². The summed E-state index contributed by atoms with van der Waals surface area (Å²) in [5.74, 6) is 1.45. The van der Waals surface area contributed by atoms with Gasteiger partial charge in [-0.3, -0.25) is 4.79 Å². The van der Waals surface area contributed by atoms with E-state index in [0.29, 0.717) is 5.92 Å². The molecule has 0 bridgehead atoms. The quantitative estimate of drug-likeness (QED) is 0.781. The van der Waals surface area contributed by atoms with Gasteiger partial charge in [0.05, 0.1) is 0 Å². The maximum atomic E-state index is 12.3. The number of aromatic nitrogens is 3. The number of hydrogen-bond donors (Lipinski definition) is 0. The molecule has 0 radical (unpaired) electrons. The molecule has 2 heterocycles. The summed E-state index contributed by atoms with van der Waals surface area (Å²) in [6.45, 7) is 5.55. The van der Waals surface area contributed by atoms with Crippen molar-refractivity contribution in [1.29, 1.82) is 0 Å². The van der Waals surface area contributed by atoms with E-state index in [1.807, 2.05) is 29.5 Å². The number of rotatable bonds is 3. The average molecular weight is 262 g/mol. The minimum Gasteiger partial charge on any atom is -0.338 e. The number of aryl methyl sites for hydroxylation is 1. The van der Waals surface area contributed by atoms with Crippen molar-refractivity contribution in [2.75, 3.05) is 13.1 Å². The van der Waals surface area contributed by atoms with Gasteiger partial charge >= 0.3 is 0 Å². The Balaban J connectivity index is 2.07. The Kier molecular flexibility index (Phi) is 4.35. The second kappa shape index (κ2) is 5.99. The van der Waals surface area contributed by atoms with E-state index in [-0.39, 0.29) is 5.91 Å². The van der Waals surface area contributed by atoms with Crippen molar-refractivity contribution in [3.63, 3.8) is 0 Å². The standard InChI is InChI=1S/C14H22N4O/c1-4-6-11(2)14(19)18-8-5-7-12(9-18)13-16-15-10-17(13)3/h6,10,12H,4-5,7-9H2,1-3H3. The zero-order chi connectivity index (χ0) is 13.8. The Hall–Kier alpha value is -1.65. The minimum absolute atomic E-state index is 0.161. The van der Waals surface area contributed by atoms with Gasteiger partial charge < -0.3 is 9.47 Å². The predicted octanol–water partition coefficient (Wildman–Crippen LogP) is 1.88. The second-order valence-electron chi connectivity index (χ2n) is 5.19. The minimum atomic E-state index is 0.161. The number of carbonyl (C=O) groups is 1. The van der Waals surface area contributed by atoms with Crippen LogP contribution in [0, 0.1) is 0 Å². The molecule has 1 saturated heterocycles. The molecule has 5 heteroatoms. The average Bonchev–Trinajstić information content (AvgIpc) is 2.84. The largest absolute Gasteiger partial charge is 0.338 e. The molecule has 1 fully saturated rings. The van der Waals surface area contributed by atoms with Gasteiger partial charge in [0, 0.05) is 31.6 Å². The Labute approximate surface area is 114 Å². The third-order valence-electron chi connectivity index (χ3n) is 3.67. The van der Waals surface area contributed by atoms with Crippen LogP contribution in [0.4, 0.5) is 0 Å². The molecule has 0 aromatic carbocycles. The fraction of sp³-hybridized carbons (Fsp3) is 0.643. The summed E-state index contributed by atoms with van der Waals surface area (Å²) in [5.41, 5.74) is 0.848. The molecule has 1 amide bonds. The highest BCUT2D eigenvalue weighted by Crippen LogP contribution is 2.25. The van der Waals surface area contributed by atoms with Crippen LogP contribution in [0.5, 0.6) is 0 Å². The van der Waals surface area contributed by atoms with E-state index in [9.17, 15) is 4.79 Å². The first kappa shape index (κ1) is 13.8. The van der Waals surface area contributed by atoms with Crippen LogP contribution in [-0.2, 0) is 11.8 Å². The van der Waals surface area contributed by atoms with Gasteiger partial charge in [0.1, 0.15) is 12.2 Å². The number of piperidine rings is 1. The summed E-state index contributed by atoms with van der Waals surface area (Å²) >= 11 is 0. The fourth-order valence-corrected chi connectivity index (χ4v) is 2.68. The fourth-order valence-electron chi connectivity index (χ4n) is 2.68. The van der Waals surface area contributed by atoms with Gasteiger partial charge in [-0.25, -0.2) is 0 Å². The molecular formula is C14H22N4O. The van der Waals surface area contributed by atoms with Crippen molar-refractivity contribution in [2.24, 2.45) is 7.05 Å². The first-order valence-corrected chi connectivity index (χ1v) is 6.93. The highest BCUT2D eigenvalue weighted by Gasteiger charge is 2.27. The summed E-state index contributed by atoms with van der Waals surface area (Å²) in [6, 6.07) is 0. The molecule has 1 aliphatic heterocycles.